The summed E-state index contributed by atoms with van der Waals surface area (Å²) in [5.74, 6) is 0.471. The second-order valence-corrected chi connectivity index (χ2v) is 10.4. The van der Waals surface area contributed by atoms with Gasteiger partial charge in [0, 0.05) is 30.5 Å². The molecule has 0 unspecified atom stereocenters. The standard InChI is InChI=1S/C19H18N6O4S3.BrH/c1-10-8-16(24-29-10)25-32(27,28)14-6-4-13(5-7-14)22-18-23-15(9-30-18)17-11(2)20-19(31-17)21-12(3)26;/h4-9H,1-3H3,(H,22,23)(H,24,25)(H,20,21,26);1H. The van der Waals surface area contributed by atoms with Gasteiger partial charge in [0.2, 0.25) is 5.91 Å². The second-order valence-electron chi connectivity index (χ2n) is 6.83. The molecule has 0 aliphatic carbocycles. The third-order valence-electron chi connectivity index (χ3n) is 4.18. The van der Waals surface area contributed by atoms with E-state index in [-0.39, 0.29) is 33.6 Å². The fourth-order valence-corrected chi connectivity index (χ4v) is 5.58. The number of carbonyl (C=O) groups excluding carboxylic acids is 1. The van der Waals surface area contributed by atoms with Crippen molar-refractivity contribution in [2.45, 2.75) is 25.7 Å². The van der Waals surface area contributed by atoms with Gasteiger partial charge in [-0.25, -0.2) is 13.4 Å². The predicted octanol–water partition coefficient (Wildman–Crippen LogP) is 0.161. The van der Waals surface area contributed by atoms with Gasteiger partial charge in [0.15, 0.2) is 10.9 Å². The molecule has 3 aromatic heterocycles. The number of nitrogens with two attached hydrogens (primary N) is 1. The van der Waals surface area contributed by atoms with Crippen LogP contribution in [0.4, 0.5) is 21.8 Å². The Balaban J connectivity index is 0.00000306. The van der Waals surface area contributed by atoms with Gasteiger partial charge in [0.25, 0.3) is 15.2 Å². The number of nitrogens with zero attached hydrogens (tertiary/aromatic N) is 3. The minimum absolute atomic E-state index is 0. The minimum Gasteiger partial charge on any atom is -1.00 e. The quantitative estimate of drug-likeness (QED) is 0.268. The molecule has 10 nitrogen and oxygen atoms in total. The normalized spacial score (nSPS) is 11.1. The maximum absolute atomic E-state index is 12.5. The molecule has 1 amide bonds. The summed E-state index contributed by atoms with van der Waals surface area (Å²) in [5.41, 5.74) is 2.38. The summed E-state index contributed by atoms with van der Waals surface area (Å²) >= 11 is 2.83. The summed E-state index contributed by atoms with van der Waals surface area (Å²) in [6, 6.07) is 7.95. The molecule has 0 saturated heterocycles. The number of rotatable bonds is 7. The molecule has 33 heavy (non-hydrogen) atoms. The van der Waals surface area contributed by atoms with Gasteiger partial charge < -0.3 is 26.8 Å². The number of hydrogen-bond acceptors (Lipinski definition) is 9. The van der Waals surface area contributed by atoms with Crippen molar-refractivity contribution in [2.75, 3.05) is 10.0 Å². The number of thiazole rings is 2. The minimum atomic E-state index is -3.77. The van der Waals surface area contributed by atoms with Gasteiger partial charge in [-0.15, -0.1) is 0 Å². The molecule has 0 fully saturated rings. The van der Waals surface area contributed by atoms with Gasteiger partial charge in [-0.05, 0) is 26.0 Å². The van der Waals surface area contributed by atoms with E-state index in [4.69, 9.17) is 4.52 Å². The maximum Gasteiger partial charge on any atom is 0.288 e. The summed E-state index contributed by atoms with van der Waals surface area (Å²) < 4.78 is 32.3. The van der Waals surface area contributed by atoms with Crippen LogP contribution < -0.4 is 32.3 Å². The van der Waals surface area contributed by atoms with Gasteiger partial charge in [0.1, 0.15) is 11.4 Å². The van der Waals surface area contributed by atoms with Gasteiger partial charge in [-0.2, -0.15) is 4.98 Å². The summed E-state index contributed by atoms with van der Waals surface area (Å²) in [7, 11) is -3.77. The Morgan fingerprint density at radius 2 is 1.88 bits per heavy atom. The number of halogens is 1. The lowest BCUT2D eigenvalue weighted by molar-refractivity contribution is -0.478. The second kappa shape index (κ2) is 10.1. The van der Waals surface area contributed by atoms with E-state index in [0.717, 1.165) is 27.1 Å². The van der Waals surface area contributed by atoms with E-state index in [1.165, 1.54) is 47.8 Å². The van der Waals surface area contributed by atoms with Gasteiger partial charge in [-0.3, -0.25) is 14.8 Å². The molecule has 14 heteroatoms. The van der Waals surface area contributed by atoms with Crippen molar-refractivity contribution in [1.82, 2.24) is 15.1 Å². The molecule has 4 rings (SSSR count). The smallest absolute Gasteiger partial charge is 0.288 e. The lowest BCUT2D eigenvalue weighted by atomic mass is 10.3. The fraction of sp³-hybridized carbons (Fsp3) is 0.158. The Hall–Kier alpha value is -2.65. The van der Waals surface area contributed by atoms with E-state index in [1.54, 1.807) is 19.1 Å². The first kappa shape index (κ1) is 25.0. The van der Waals surface area contributed by atoms with Gasteiger partial charge in [0.05, 0.1) is 21.2 Å². The first-order valence-electron chi connectivity index (χ1n) is 9.31. The van der Waals surface area contributed by atoms with Crippen molar-refractivity contribution < 1.29 is 40.0 Å². The molecule has 4 N–H and O–H groups in total. The SMILES string of the molecule is CC(=O)Nc1nc(C)c(-c2csc([NH2+]c3ccc(S(=O)(=O)Nc4cc(C)on4)cc3)n2)s1.[Br-]. The van der Waals surface area contributed by atoms with E-state index in [1.807, 2.05) is 17.6 Å². The molecule has 0 saturated carbocycles. The van der Waals surface area contributed by atoms with Crippen LogP contribution >= 0.6 is 22.7 Å². The molecule has 0 aliphatic heterocycles. The maximum atomic E-state index is 12.5. The number of amides is 1. The molecule has 174 valence electrons. The van der Waals surface area contributed by atoms with Crippen molar-refractivity contribution in [3.05, 3.63) is 47.2 Å². The number of aromatic nitrogens is 3. The Morgan fingerprint density at radius 1 is 1.15 bits per heavy atom. The molecule has 3 heterocycles. The van der Waals surface area contributed by atoms with E-state index >= 15 is 0 Å². The number of sulfonamides is 1. The molecule has 0 bridgehead atoms. The van der Waals surface area contributed by atoms with Crippen LogP contribution in [0, 0.1) is 13.8 Å². The molecule has 0 aliphatic rings. The van der Waals surface area contributed by atoms with Crippen LogP contribution in [-0.2, 0) is 14.8 Å². The van der Waals surface area contributed by atoms with E-state index < -0.39 is 10.0 Å². The zero-order chi connectivity index (χ0) is 22.9. The number of benzene rings is 1. The number of hydrogen-bond donors (Lipinski definition) is 3. The summed E-state index contributed by atoms with van der Waals surface area (Å²) in [6.07, 6.45) is 0. The van der Waals surface area contributed by atoms with Crippen molar-refractivity contribution in [3.63, 3.8) is 0 Å². The van der Waals surface area contributed by atoms with Crippen molar-refractivity contribution in [2.24, 2.45) is 0 Å². The highest BCUT2D eigenvalue weighted by Gasteiger charge is 2.18. The number of nitrogens with one attached hydrogen (secondary N) is 2. The summed E-state index contributed by atoms with van der Waals surface area (Å²) in [4.78, 5) is 21.2. The zero-order valence-electron chi connectivity index (χ0n) is 17.6. The van der Waals surface area contributed by atoms with Crippen molar-refractivity contribution in [3.8, 4) is 10.6 Å². The van der Waals surface area contributed by atoms with Gasteiger partial charge in [-0.1, -0.05) is 27.8 Å². The van der Waals surface area contributed by atoms with Crippen LogP contribution in [0.1, 0.15) is 18.4 Å². The first-order chi connectivity index (χ1) is 15.2. The first-order valence-corrected chi connectivity index (χ1v) is 12.5. The number of aryl methyl sites for hydroxylation is 2. The van der Waals surface area contributed by atoms with Crippen LogP contribution in [-0.4, -0.2) is 29.4 Å². The number of anilines is 2. The highest BCUT2D eigenvalue weighted by Crippen LogP contribution is 2.33. The monoisotopic (exact) mass is 570 g/mol. The Bertz CT molecular complexity index is 1380. The lowest BCUT2D eigenvalue weighted by Crippen LogP contribution is -3.00. The largest absolute Gasteiger partial charge is 1.00 e. The third-order valence-corrected chi connectivity index (χ3v) is 7.44. The lowest BCUT2D eigenvalue weighted by Gasteiger charge is -2.05. The molecule has 0 spiro atoms. The summed E-state index contributed by atoms with van der Waals surface area (Å²) in [6.45, 7) is 4.99. The molecule has 0 radical (unpaired) electrons. The average molecular weight is 572 g/mol. The third kappa shape index (κ3) is 6.03. The Kier molecular flexibility index (Phi) is 7.64. The number of carbonyl (C=O) groups is 1. The van der Waals surface area contributed by atoms with Crippen LogP contribution in [0.2, 0.25) is 0 Å². The molecular formula is C19H19BrN6O4S3. The Morgan fingerprint density at radius 3 is 2.52 bits per heavy atom. The van der Waals surface area contributed by atoms with Gasteiger partial charge >= 0.3 is 0 Å². The number of quaternary nitrogens is 1. The topological polar surface area (TPSA) is 144 Å². The molecule has 0 atom stereocenters. The highest BCUT2D eigenvalue weighted by atomic mass is 79.9. The zero-order valence-corrected chi connectivity index (χ0v) is 21.7. The average Bonchev–Trinajstić information content (AvgIpc) is 3.42. The Labute approximate surface area is 208 Å². The highest BCUT2D eigenvalue weighted by molar-refractivity contribution is 7.92. The molecular weight excluding hydrogens is 552 g/mol. The van der Waals surface area contributed by atoms with Crippen LogP contribution in [0.3, 0.4) is 0 Å². The van der Waals surface area contributed by atoms with Crippen LogP contribution in [0.25, 0.3) is 10.6 Å². The molecule has 1 aromatic carbocycles. The fourth-order valence-electron chi connectivity index (χ4n) is 2.79. The molecule has 4 aromatic rings. The summed E-state index contributed by atoms with van der Waals surface area (Å²) in [5, 5.41) is 11.4. The predicted molar refractivity (Wildman–Crippen MR) is 122 cm³/mol. The van der Waals surface area contributed by atoms with Crippen molar-refractivity contribution >= 4 is 60.4 Å². The van der Waals surface area contributed by atoms with E-state index in [9.17, 15) is 13.2 Å². The van der Waals surface area contributed by atoms with Crippen LogP contribution in [0.15, 0.2) is 45.1 Å². The van der Waals surface area contributed by atoms with Crippen molar-refractivity contribution in [1.29, 1.82) is 0 Å². The van der Waals surface area contributed by atoms with Crippen LogP contribution in [0.5, 0.6) is 0 Å². The van der Waals surface area contributed by atoms with E-state index in [0.29, 0.717) is 10.9 Å². The van der Waals surface area contributed by atoms with E-state index in [2.05, 4.69) is 25.2 Å².